The van der Waals surface area contributed by atoms with Crippen LogP contribution in [-0.2, 0) is 0 Å². The van der Waals surface area contributed by atoms with E-state index in [0.717, 1.165) is 11.4 Å². The minimum atomic E-state index is -0.0911. The van der Waals surface area contributed by atoms with Gasteiger partial charge in [-0.15, -0.1) is 0 Å². The molecule has 0 aromatic heterocycles. The molecule has 1 aliphatic rings. The van der Waals surface area contributed by atoms with Gasteiger partial charge in [0.05, 0.1) is 16.9 Å². The summed E-state index contributed by atoms with van der Waals surface area (Å²) in [4.78, 5) is 11.7. The lowest BCUT2D eigenvalue weighted by atomic mass is 10.1. The molecule has 0 bridgehead atoms. The highest BCUT2D eigenvalue weighted by atomic mass is 32.1. The summed E-state index contributed by atoms with van der Waals surface area (Å²) in [5.41, 5.74) is 7.48. The summed E-state index contributed by atoms with van der Waals surface area (Å²) in [6.07, 6.45) is 0. The van der Waals surface area contributed by atoms with Gasteiger partial charge in [0.1, 0.15) is 0 Å². The molecular weight excluding hydrogens is 224 g/mol. The van der Waals surface area contributed by atoms with Gasteiger partial charge in [0.15, 0.2) is 5.11 Å². The lowest BCUT2D eigenvalue weighted by Crippen LogP contribution is -2.24. The minimum absolute atomic E-state index is 0.0911. The largest absolute Gasteiger partial charge is 0.381 e. The molecule has 1 aromatic rings. The van der Waals surface area contributed by atoms with Gasteiger partial charge >= 0.3 is 0 Å². The van der Waals surface area contributed by atoms with Gasteiger partial charge in [0.25, 0.3) is 5.91 Å². The van der Waals surface area contributed by atoms with Crippen LogP contribution in [0.3, 0.4) is 0 Å². The molecule has 6 heteroatoms. The Kier molecular flexibility index (Phi) is 2.91. The van der Waals surface area contributed by atoms with Gasteiger partial charge < -0.3 is 21.7 Å². The maximum absolute atomic E-state index is 11.7. The van der Waals surface area contributed by atoms with Gasteiger partial charge in [-0.1, -0.05) is 6.07 Å². The average molecular weight is 236 g/mol. The van der Waals surface area contributed by atoms with Crippen molar-refractivity contribution in [3.05, 3.63) is 23.8 Å². The molecule has 0 unspecified atom stereocenters. The molecule has 1 heterocycles. The van der Waals surface area contributed by atoms with Crippen LogP contribution in [0.1, 0.15) is 10.4 Å². The first-order chi connectivity index (χ1) is 7.68. The van der Waals surface area contributed by atoms with Crippen LogP contribution in [0.15, 0.2) is 18.2 Å². The van der Waals surface area contributed by atoms with Crippen molar-refractivity contribution in [1.82, 2.24) is 5.32 Å². The zero-order chi connectivity index (χ0) is 11.5. The second-order valence-corrected chi connectivity index (χ2v) is 3.84. The molecule has 1 aliphatic heterocycles. The van der Waals surface area contributed by atoms with E-state index in [0.29, 0.717) is 18.7 Å². The number of hydrogen-bond acceptors (Lipinski definition) is 3. The monoisotopic (exact) mass is 236 g/mol. The quantitative estimate of drug-likeness (QED) is 0.534. The van der Waals surface area contributed by atoms with E-state index in [4.69, 9.17) is 18.0 Å². The fourth-order valence-electron chi connectivity index (χ4n) is 1.63. The van der Waals surface area contributed by atoms with Gasteiger partial charge in [-0.05, 0) is 24.4 Å². The first-order valence-corrected chi connectivity index (χ1v) is 5.31. The molecule has 1 amide bonds. The van der Waals surface area contributed by atoms with Crippen molar-refractivity contribution in [3.8, 4) is 0 Å². The lowest BCUT2D eigenvalue weighted by Gasteiger charge is -2.13. The van der Waals surface area contributed by atoms with Crippen LogP contribution in [0.2, 0.25) is 0 Å². The van der Waals surface area contributed by atoms with E-state index < -0.39 is 0 Å². The predicted molar refractivity (Wildman–Crippen MR) is 67.7 cm³/mol. The predicted octanol–water partition coefficient (Wildman–Crippen LogP) is 0.497. The van der Waals surface area contributed by atoms with Gasteiger partial charge in [0, 0.05) is 13.1 Å². The molecule has 5 nitrogen and oxygen atoms in total. The molecule has 5 N–H and O–H groups in total. The summed E-state index contributed by atoms with van der Waals surface area (Å²) in [6, 6.07) is 5.36. The fraction of sp³-hybridized carbons (Fsp3) is 0.200. The Morgan fingerprint density at radius 2 is 2.12 bits per heavy atom. The third kappa shape index (κ3) is 2.06. The number of para-hydroxylation sites is 1. The maximum Gasteiger partial charge on any atom is 0.253 e. The maximum atomic E-state index is 11.7. The number of nitrogens with one attached hydrogen (secondary N) is 3. The Morgan fingerprint density at radius 3 is 2.88 bits per heavy atom. The lowest BCUT2D eigenvalue weighted by molar-refractivity contribution is 0.0958. The van der Waals surface area contributed by atoms with Crippen molar-refractivity contribution in [1.29, 1.82) is 0 Å². The number of hydrogen-bond donors (Lipinski definition) is 4. The smallest absolute Gasteiger partial charge is 0.253 e. The second kappa shape index (κ2) is 4.36. The fourth-order valence-corrected chi connectivity index (χ4v) is 1.74. The molecule has 0 fully saturated rings. The van der Waals surface area contributed by atoms with Gasteiger partial charge in [-0.25, -0.2) is 0 Å². The van der Waals surface area contributed by atoms with E-state index in [-0.39, 0.29) is 11.0 Å². The molecule has 0 saturated heterocycles. The van der Waals surface area contributed by atoms with E-state index in [1.165, 1.54) is 0 Å². The van der Waals surface area contributed by atoms with E-state index >= 15 is 0 Å². The SMILES string of the molecule is NC(=S)Nc1cccc2c1NCCNC2=O. The molecule has 16 heavy (non-hydrogen) atoms. The molecule has 0 saturated carbocycles. The van der Waals surface area contributed by atoms with E-state index in [9.17, 15) is 4.79 Å². The molecule has 0 spiro atoms. The number of benzene rings is 1. The molecule has 1 aromatic carbocycles. The molecule has 0 aliphatic carbocycles. The number of nitrogens with two attached hydrogens (primary N) is 1. The van der Waals surface area contributed by atoms with E-state index in [1.54, 1.807) is 12.1 Å². The van der Waals surface area contributed by atoms with Crippen molar-refractivity contribution in [3.63, 3.8) is 0 Å². The first-order valence-electron chi connectivity index (χ1n) is 4.90. The summed E-state index contributed by atoms with van der Waals surface area (Å²) in [7, 11) is 0. The number of anilines is 2. The van der Waals surface area contributed by atoms with Gasteiger partial charge in [-0.2, -0.15) is 0 Å². The molecule has 0 atom stereocenters. The first kappa shape index (κ1) is 10.7. The van der Waals surface area contributed by atoms with Crippen LogP contribution < -0.4 is 21.7 Å². The number of fused-ring (bicyclic) bond motifs is 1. The zero-order valence-electron chi connectivity index (χ0n) is 8.54. The Balaban J connectivity index is 2.44. The molecular formula is C10H12N4OS. The van der Waals surface area contributed by atoms with Crippen molar-refractivity contribution in [2.75, 3.05) is 23.7 Å². The van der Waals surface area contributed by atoms with Gasteiger partial charge in [0.2, 0.25) is 0 Å². The normalized spacial score (nSPS) is 14.1. The summed E-state index contributed by atoms with van der Waals surface area (Å²) in [6.45, 7) is 1.27. The summed E-state index contributed by atoms with van der Waals surface area (Å²) >= 11 is 4.78. The standard InChI is InChI=1S/C10H12N4OS/c11-10(16)14-7-3-1-2-6-8(7)12-4-5-13-9(6)15/h1-3,12H,4-5H2,(H,13,15)(H3,11,14,16). The van der Waals surface area contributed by atoms with Crippen LogP contribution in [-0.4, -0.2) is 24.1 Å². The topological polar surface area (TPSA) is 79.2 Å². The number of rotatable bonds is 1. The Labute approximate surface area is 98.4 Å². The van der Waals surface area contributed by atoms with Crippen molar-refractivity contribution in [2.45, 2.75) is 0 Å². The summed E-state index contributed by atoms with van der Waals surface area (Å²) < 4.78 is 0. The van der Waals surface area contributed by atoms with Crippen molar-refractivity contribution >= 4 is 34.6 Å². The number of carbonyl (C=O) groups excluding carboxylic acids is 1. The van der Waals surface area contributed by atoms with Crippen LogP contribution in [0.25, 0.3) is 0 Å². The van der Waals surface area contributed by atoms with E-state index in [1.807, 2.05) is 6.07 Å². The van der Waals surface area contributed by atoms with Crippen LogP contribution in [0.4, 0.5) is 11.4 Å². The molecule has 84 valence electrons. The number of amides is 1. The summed E-state index contributed by atoms with van der Waals surface area (Å²) in [5, 5.41) is 8.98. The third-order valence-corrected chi connectivity index (χ3v) is 2.38. The third-order valence-electron chi connectivity index (χ3n) is 2.28. The highest BCUT2D eigenvalue weighted by Crippen LogP contribution is 2.26. The Morgan fingerprint density at radius 1 is 1.38 bits per heavy atom. The van der Waals surface area contributed by atoms with Gasteiger partial charge in [-0.3, -0.25) is 4.79 Å². The van der Waals surface area contributed by atoms with Crippen LogP contribution in [0.5, 0.6) is 0 Å². The minimum Gasteiger partial charge on any atom is -0.381 e. The number of carbonyl (C=O) groups is 1. The van der Waals surface area contributed by atoms with Crippen molar-refractivity contribution in [2.24, 2.45) is 5.73 Å². The second-order valence-electron chi connectivity index (χ2n) is 3.40. The zero-order valence-corrected chi connectivity index (χ0v) is 9.36. The van der Waals surface area contributed by atoms with Crippen LogP contribution >= 0.6 is 12.2 Å². The molecule has 0 radical (unpaired) electrons. The molecule has 2 rings (SSSR count). The Bertz CT molecular complexity index is 446. The Hall–Kier alpha value is -1.82. The van der Waals surface area contributed by atoms with Crippen molar-refractivity contribution < 1.29 is 4.79 Å². The highest BCUT2D eigenvalue weighted by molar-refractivity contribution is 7.80. The highest BCUT2D eigenvalue weighted by Gasteiger charge is 2.17. The number of thiocarbonyl (C=S) groups is 1. The average Bonchev–Trinajstić information content (AvgIpc) is 2.41. The summed E-state index contributed by atoms with van der Waals surface area (Å²) in [5.74, 6) is -0.0911. The van der Waals surface area contributed by atoms with E-state index in [2.05, 4.69) is 16.0 Å². The van der Waals surface area contributed by atoms with Crippen LogP contribution in [0, 0.1) is 0 Å².